The summed E-state index contributed by atoms with van der Waals surface area (Å²) in [4.78, 5) is 16.1. The molecule has 39 heavy (non-hydrogen) atoms. The first-order chi connectivity index (χ1) is 18.8. The fourth-order valence-electron chi connectivity index (χ4n) is 4.09. The maximum atomic E-state index is 13.2. The lowest BCUT2D eigenvalue weighted by Gasteiger charge is -2.20. The van der Waals surface area contributed by atoms with Gasteiger partial charge in [-0.25, -0.2) is 9.78 Å². The van der Waals surface area contributed by atoms with Crippen LogP contribution in [0.5, 0.6) is 17.2 Å². The number of H-pyrrole nitrogens is 1. The molecule has 9 heteroatoms. The highest BCUT2D eigenvalue weighted by atomic mass is 35.5. The molecule has 0 bridgehead atoms. The first kappa shape index (κ1) is 28.1. The molecule has 0 spiro atoms. The number of aryl methyl sites for hydroxylation is 1. The van der Waals surface area contributed by atoms with E-state index in [2.05, 4.69) is 10.3 Å². The number of ether oxygens (including phenoxy) is 3. The number of aromatic amines is 1. The minimum Gasteiger partial charge on any atom is -0.508 e. The molecule has 7 nitrogen and oxygen atoms in total. The molecule has 0 amide bonds. The molecule has 0 saturated heterocycles. The summed E-state index contributed by atoms with van der Waals surface area (Å²) in [5.41, 5.74) is 4.57. The Labute approximate surface area is 237 Å². The van der Waals surface area contributed by atoms with Gasteiger partial charge in [-0.2, -0.15) is 0 Å². The zero-order valence-electron chi connectivity index (χ0n) is 21.8. The highest BCUT2D eigenvalue weighted by molar-refractivity contribution is 6.35. The van der Waals surface area contributed by atoms with Gasteiger partial charge >= 0.3 is 5.97 Å². The highest BCUT2D eigenvalue weighted by Gasteiger charge is 2.24. The van der Waals surface area contributed by atoms with Crippen LogP contribution >= 0.6 is 23.2 Å². The summed E-state index contributed by atoms with van der Waals surface area (Å²) < 4.78 is 16.8. The molecular formula is C30H29Cl2N2O5+. The van der Waals surface area contributed by atoms with Crippen molar-refractivity contribution in [2.45, 2.75) is 26.0 Å². The number of nitrogens with one attached hydrogen (secondary N) is 2. The molecule has 3 aromatic carbocycles. The normalized spacial score (nSPS) is 11.5. The number of benzene rings is 3. The van der Waals surface area contributed by atoms with Gasteiger partial charge in [-0.3, -0.25) is 0 Å². The Bertz CT molecular complexity index is 1440. The monoisotopic (exact) mass is 567 g/mol. The van der Waals surface area contributed by atoms with E-state index in [-0.39, 0.29) is 12.2 Å². The van der Waals surface area contributed by atoms with Gasteiger partial charge in [-0.1, -0.05) is 47.5 Å². The van der Waals surface area contributed by atoms with Gasteiger partial charge in [-0.05, 0) is 53.9 Å². The van der Waals surface area contributed by atoms with Crippen molar-refractivity contribution in [1.29, 1.82) is 0 Å². The number of phenols is 1. The van der Waals surface area contributed by atoms with Crippen molar-refractivity contribution in [1.82, 2.24) is 0 Å². The van der Waals surface area contributed by atoms with Crippen molar-refractivity contribution < 1.29 is 29.1 Å². The predicted molar refractivity (Wildman–Crippen MR) is 151 cm³/mol. The summed E-state index contributed by atoms with van der Waals surface area (Å²) >= 11 is 12.8. The third-order valence-corrected chi connectivity index (χ3v) is 6.98. The zero-order valence-corrected chi connectivity index (χ0v) is 23.3. The second-order valence-electron chi connectivity index (χ2n) is 8.89. The van der Waals surface area contributed by atoms with Crippen molar-refractivity contribution in [2.24, 2.45) is 0 Å². The number of carbonyl (C=O) groups excluding carboxylic acids is 1. The molecule has 0 aliphatic carbocycles. The number of aromatic nitrogens is 1. The topological polar surface area (TPSA) is 91.2 Å². The summed E-state index contributed by atoms with van der Waals surface area (Å²) in [6, 6.07) is 17.7. The third-order valence-electron chi connectivity index (χ3n) is 6.31. The molecule has 3 N–H and O–H groups in total. The number of anilines is 1. The predicted octanol–water partition coefficient (Wildman–Crippen LogP) is 6.59. The number of methoxy groups -OCH3 is 2. The molecule has 1 heterocycles. The molecule has 202 valence electrons. The Hall–Kier alpha value is -3.94. The lowest BCUT2D eigenvalue weighted by molar-refractivity contribution is -0.377. The van der Waals surface area contributed by atoms with E-state index >= 15 is 0 Å². The second-order valence-corrected chi connectivity index (χ2v) is 9.71. The van der Waals surface area contributed by atoms with Gasteiger partial charge in [0.05, 0.1) is 19.8 Å². The van der Waals surface area contributed by atoms with Gasteiger partial charge in [-0.15, -0.1) is 0 Å². The van der Waals surface area contributed by atoms with Gasteiger partial charge in [0.15, 0.2) is 23.9 Å². The number of aromatic hydroxyl groups is 1. The Kier molecular flexibility index (Phi) is 9.17. The molecule has 1 aromatic heterocycles. The third kappa shape index (κ3) is 6.93. The number of halogens is 2. The molecular weight excluding hydrogens is 539 g/mol. The van der Waals surface area contributed by atoms with Crippen LogP contribution in [0.15, 0.2) is 73.1 Å². The number of hydrogen-bond acceptors (Lipinski definition) is 6. The number of esters is 1. The minimum atomic E-state index is -0.704. The van der Waals surface area contributed by atoms with Crippen molar-refractivity contribution in [3.63, 3.8) is 0 Å². The Morgan fingerprint density at radius 1 is 0.949 bits per heavy atom. The average molecular weight is 568 g/mol. The SMILES string of the molecule is COc1ccc([C@H](Cc2c(Cl)c[nH+]cc2Cl)OC(=O)c2ccc(CNc3cc(O)ccc3C)cc2)cc1OC. The maximum Gasteiger partial charge on any atom is 0.338 e. The van der Waals surface area contributed by atoms with Gasteiger partial charge in [0, 0.05) is 30.3 Å². The number of pyridine rings is 1. The molecule has 4 rings (SSSR count). The highest BCUT2D eigenvalue weighted by Crippen LogP contribution is 2.35. The Morgan fingerprint density at radius 2 is 1.64 bits per heavy atom. The van der Waals surface area contributed by atoms with Crippen LogP contribution in [-0.2, 0) is 17.7 Å². The van der Waals surface area contributed by atoms with Crippen molar-refractivity contribution in [3.8, 4) is 17.2 Å². The van der Waals surface area contributed by atoms with Gasteiger partial charge < -0.3 is 24.6 Å². The van der Waals surface area contributed by atoms with E-state index in [0.29, 0.717) is 44.8 Å². The molecule has 0 aliphatic rings. The molecule has 1 atom stereocenters. The molecule has 4 aromatic rings. The summed E-state index contributed by atoms with van der Waals surface area (Å²) in [6.45, 7) is 2.49. The summed E-state index contributed by atoms with van der Waals surface area (Å²) in [7, 11) is 3.10. The van der Waals surface area contributed by atoms with E-state index in [0.717, 1.165) is 16.8 Å². The molecule has 0 fully saturated rings. The van der Waals surface area contributed by atoms with E-state index in [1.54, 1.807) is 63.0 Å². The van der Waals surface area contributed by atoms with Crippen LogP contribution in [0.2, 0.25) is 10.0 Å². The van der Waals surface area contributed by atoms with Gasteiger partial charge in [0.2, 0.25) is 0 Å². The summed E-state index contributed by atoms with van der Waals surface area (Å²) in [5.74, 6) is 0.768. The van der Waals surface area contributed by atoms with Crippen LogP contribution in [0.25, 0.3) is 0 Å². The minimum absolute atomic E-state index is 0.196. The molecule has 0 saturated carbocycles. The number of carbonyl (C=O) groups is 1. The first-order valence-corrected chi connectivity index (χ1v) is 12.9. The summed E-state index contributed by atoms with van der Waals surface area (Å²) in [5, 5.41) is 13.9. The quantitative estimate of drug-likeness (QED) is 0.210. The average Bonchev–Trinajstić information content (AvgIpc) is 2.94. The van der Waals surface area contributed by atoms with Crippen LogP contribution in [0.3, 0.4) is 0 Å². The number of phenolic OH excluding ortho intramolecular Hbond substituents is 1. The fourth-order valence-corrected chi connectivity index (χ4v) is 4.62. The molecule has 0 radical (unpaired) electrons. The van der Waals surface area contributed by atoms with Crippen molar-refractivity contribution in [2.75, 3.05) is 19.5 Å². The van der Waals surface area contributed by atoms with Gasteiger partial charge in [0.25, 0.3) is 0 Å². The first-order valence-electron chi connectivity index (χ1n) is 12.2. The van der Waals surface area contributed by atoms with Crippen LogP contribution in [0.1, 0.15) is 38.7 Å². The molecule has 0 aliphatic heterocycles. The maximum absolute atomic E-state index is 13.2. The fraction of sp³-hybridized carbons (Fsp3) is 0.200. The van der Waals surface area contributed by atoms with Crippen LogP contribution in [0.4, 0.5) is 5.69 Å². The summed E-state index contributed by atoms with van der Waals surface area (Å²) in [6.07, 6.45) is 2.80. The van der Waals surface area contributed by atoms with Crippen molar-refractivity contribution >= 4 is 34.9 Å². The van der Waals surface area contributed by atoms with E-state index in [9.17, 15) is 9.90 Å². The number of rotatable bonds is 10. The lowest BCUT2D eigenvalue weighted by atomic mass is 10.0. The van der Waals surface area contributed by atoms with Crippen LogP contribution in [0, 0.1) is 6.92 Å². The van der Waals surface area contributed by atoms with E-state index < -0.39 is 12.1 Å². The van der Waals surface area contributed by atoms with Crippen molar-refractivity contribution in [3.05, 3.63) is 111 Å². The van der Waals surface area contributed by atoms with Crippen LogP contribution < -0.4 is 19.8 Å². The van der Waals surface area contributed by atoms with E-state index in [1.165, 1.54) is 0 Å². The molecule has 0 unspecified atom stereocenters. The lowest BCUT2D eigenvalue weighted by Crippen LogP contribution is -2.16. The zero-order chi connectivity index (χ0) is 27.9. The van der Waals surface area contributed by atoms with Gasteiger partial charge in [0.1, 0.15) is 21.9 Å². The van der Waals surface area contributed by atoms with E-state index in [1.807, 2.05) is 31.2 Å². The largest absolute Gasteiger partial charge is 0.508 e. The van der Waals surface area contributed by atoms with Crippen LogP contribution in [-0.4, -0.2) is 25.3 Å². The smallest absolute Gasteiger partial charge is 0.338 e. The Morgan fingerprint density at radius 3 is 2.31 bits per heavy atom. The number of hydrogen-bond donors (Lipinski definition) is 2. The standard InChI is InChI=1S/C30H28Cl2N2O5/c1-18-4-10-22(35)13-26(18)34-15-19-5-7-20(8-6-19)30(36)39-28(14-23-24(31)16-33-17-25(23)32)21-9-11-27(37-2)29(12-21)38-3/h4-13,16-17,28,34-35H,14-15H2,1-3H3/p+1/t28-/m0/s1. The van der Waals surface area contributed by atoms with E-state index in [4.69, 9.17) is 37.4 Å². The Balaban J connectivity index is 1.54. The second kappa shape index (κ2) is 12.7.